The Kier molecular flexibility index (Phi) is 5.97. The van der Waals surface area contributed by atoms with Crippen LogP contribution in [0.3, 0.4) is 0 Å². The van der Waals surface area contributed by atoms with E-state index >= 15 is 0 Å². The van der Waals surface area contributed by atoms with Crippen LogP contribution in [0.1, 0.15) is 88.5 Å². The van der Waals surface area contributed by atoms with E-state index in [4.69, 9.17) is 0 Å². The van der Waals surface area contributed by atoms with Crippen molar-refractivity contribution in [3.63, 3.8) is 0 Å². The molecule has 2 spiro atoms. The number of nitrogens with zero attached hydrogens (tertiary/aromatic N) is 1. The summed E-state index contributed by atoms with van der Waals surface area (Å²) in [6.45, 7) is 9.83. The van der Waals surface area contributed by atoms with Crippen LogP contribution in [0.15, 0.2) is 125 Å². The van der Waals surface area contributed by atoms with E-state index in [1.165, 1.54) is 87.6 Å². The highest BCUT2D eigenvalue weighted by Crippen LogP contribution is 2.89. The molecule has 11 rings (SSSR count). The molecule has 2 bridgehead atoms. The molecule has 1 aliphatic heterocycles. The minimum Gasteiger partial charge on any atom is -0.310 e. The molecule has 0 aromatic heterocycles. The minimum absolute atomic E-state index is 0.0818. The Morgan fingerprint density at radius 2 is 1.26 bits per heavy atom. The second-order valence-corrected chi connectivity index (χ2v) is 19.1. The number of anilines is 3. The molecule has 6 unspecified atom stereocenters. The standard InChI is InChI=1S/C48H47NS/c1-45(2)23-24-46(3,4)44-38(45)14-10-15-39(44)49(34-19-17-32(18-20-34)31-11-6-5-7-12-31)35-21-22-37-41(28-35)50-40-16-9-8-13-36(40)48(37)42-26-30-25-33-27-43(48)47(33,42)29-30/h5-22,28,30,33,42-43H,23-27,29H2,1-4H3. The molecule has 6 atom stereocenters. The summed E-state index contributed by atoms with van der Waals surface area (Å²) in [6.07, 6.45) is 8.30. The second-order valence-electron chi connectivity index (χ2n) is 18.1. The van der Waals surface area contributed by atoms with Crippen molar-refractivity contribution in [3.8, 4) is 11.1 Å². The monoisotopic (exact) mass is 669 g/mol. The zero-order chi connectivity index (χ0) is 33.6. The molecule has 0 radical (unpaired) electrons. The molecule has 1 nitrogen and oxygen atoms in total. The molecule has 4 saturated carbocycles. The van der Waals surface area contributed by atoms with Crippen LogP contribution in [0.2, 0.25) is 0 Å². The lowest BCUT2D eigenvalue weighted by Gasteiger charge is -2.78. The van der Waals surface area contributed by atoms with Crippen molar-refractivity contribution in [2.75, 3.05) is 4.90 Å². The average Bonchev–Trinajstić information content (AvgIpc) is 3.66. The van der Waals surface area contributed by atoms with Crippen molar-refractivity contribution in [2.45, 2.75) is 92.3 Å². The van der Waals surface area contributed by atoms with Gasteiger partial charge in [0, 0.05) is 26.6 Å². The molecule has 4 fully saturated rings. The first-order chi connectivity index (χ1) is 24.2. The molecule has 5 aliphatic carbocycles. The van der Waals surface area contributed by atoms with E-state index in [9.17, 15) is 0 Å². The minimum atomic E-state index is 0.0818. The fourth-order valence-corrected chi connectivity index (χ4v) is 14.2. The third-order valence-electron chi connectivity index (χ3n) is 15.0. The summed E-state index contributed by atoms with van der Waals surface area (Å²) in [5.41, 5.74) is 13.7. The highest BCUT2D eigenvalue weighted by atomic mass is 32.2. The van der Waals surface area contributed by atoms with Gasteiger partial charge in [-0.25, -0.2) is 0 Å². The Labute approximate surface area is 302 Å². The van der Waals surface area contributed by atoms with Gasteiger partial charge in [0.15, 0.2) is 0 Å². The van der Waals surface area contributed by atoms with Gasteiger partial charge in [0.2, 0.25) is 0 Å². The van der Waals surface area contributed by atoms with Crippen molar-refractivity contribution >= 4 is 28.8 Å². The largest absolute Gasteiger partial charge is 0.310 e. The van der Waals surface area contributed by atoms with E-state index < -0.39 is 0 Å². The summed E-state index contributed by atoms with van der Waals surface area (Å²) < 4.78 is 0. The van der Waals surface area contributed by atoms with E-state index in [-0.39, 0.29) is 16.2 Å². The van der Waals surface area contributed by atoms with E-state index in [0.29, 0.717) is 5.41 Å². The van der Waals surface area contributed by atoms with Crippen LogP contribution in [-0.2, 0) is 16.2 Å². The van der Waals surface area contributed by atoms with Crippen LogP contribution in [0, 0.1) is 29.1 Å². The zero-order valence-corrected chi connectivity index (χ0v) is 30.7. The Hall–Kier alpha value is -3.75. The highest BCUT2D eigenvalue weighted by molar-refractivity contribution is 7.99. The Morgan fingerprint density at radius 3 is 2.08 bits per heavy atom. The molecular weight excluding hydrogens is 623 g/mol. The fraction of sp³-hybridized carbons (Fsp3) is 0.375. The van der Waals surface area contributed by atoms with Gasteiger partial charge in [-0.3, -0.25) is 0 Å². The molecule has 0 saturated heterocycles. The highest BCUT2D eigenvalue weighted by Gasteiger charge is 2.84. The molecule has 50 heavy (non-hydrogen) atoms. The van der Waals surface area contributed by atoms with Gasteiger partial charge in [-0.15, -0.1) is 0 Å². The average molecular weight is 670 g/mol. The van der Waals surface area contributed by atoms with E-state index in [0.717, 1.165) is 23.7 Å². The van der Waals surface area contributed by atoms with E-state index in [2.05, 4.69) is 148 Å². The summed E-state index contributed by atoms with van der Waals surface area (Å²) in [7, 11) is 0. The smallest absolute Gasteiger partial charge is 0.0502 e. The maximum absolute atomic E-state index is 2.60. The van der Waals surface area contributed by atoms with Gasteiger partial charge in [-0.05, 0) is 148 Å². The molecule has 0 N–H and O–H groups in total. The van der Waals surface area contributed by atoms with Gasteiger partial charge in [0.25, 0.3) is 0 Å². The lowest BCUT2D eigenvalue weighted by atomic mass is 9.26. The van der Waals surface area contributed by atoms with Gasteiger partial charge in [0.1, 0.15) is 0 Å². The second kappa shape index (κ2) is 9.97. The number of benzene rings is 5. The van der Waals surface area contributed by atoms with Gasteiger partial charge in [-0.1, -0.05) is 118 Å². The zero-order valence-electron chi connectivity index (χ0n) is 29.9. The van der Waals surface area contributed by atoms with Crippen LogP contribution >= 0.6 is 11.8 Å². The first-order valence-electron chi connectivity index (χ1n) is 19.2. The molecule has 250 valence electrons. The van der Waals surface area contributed by atoms with Crippen molar-refractivity contribution in [3.05, 3.63) is 138 Å². The van der Waals surface area contributed by atoms with Crippen molar-refractivity contribution in [2.24, 2.45) is 29.1 Å². The molecule has 0 amide bonds. The van der Waals surface area contributed by atoms with Gasteiger partial charge >= 0.3 is 0 Å². The first-order valence-corrected chi connectivity index (χ1v) is 20.0. The molecule has 2 heteroatoms. The molecule has 6 aliphatic rings. The lowest BCUT2D eigenvalue weighted by molar-refractivity contribution is -0.235. The quantitative estimate of drug-likeness (QED) is 0.187. The van der Waals surface area contributed by atoms with Gasteiger partial charge in [-0.2, -0.15) is 0 Å². The normalized spacial score (nSPS) is 31.1. The first kappa shape index (κ1) is 29.9. The van der Waals surface area contributed by atoms with Crippen molar-refractivity contribution in [1.82, 2.24) is 0 Å². The maximum atomic E-state index is 2.60. The molecule has 1 heterocycles. The third kappa shape index (κ3) is 3.67. The molecular formula is C48H47NS. The van der Waals surface area contributed by atoms with E-state index in [1.54, 1.807) is 11.1 Å². The summed E-state index contributed by atoms with van der Waals surface area (Å²) in [6, 6.07) is 44.4. The van der Waals surface area contributed by atoms with Crippen LogP contribution in [0.4, 0.5) is 17.1 Å². The summed E-state index contributed by atoms with van der Waals surface area (Å²) in [4.78, 5) is 5.58. The van der Waals surface area contributed by atoms with Crippen molar-refractivity contribution in [1.29, 1.82) is 0 Å². The number of fused-ring (bicyclic) bond motifs is 8. The fourth-order valence-electron chi connectivity index (χ4n) is 13.0. The summed E-state index contributed by atoms with van der Waals surface area (Å²) >= 11 is 2.03. The number of hydrogen-bond acceptors (Lipinski definition) is 2. The van der Waals surface area contributed by atoms with Gasteiger partial charge in [0.05, 0.1) is 5.69 Å². The predicted octanol–water partition coefficient (Wildman–Crippen LogP) is 13.0. The van der Waals surface area contributed by atoms with Gasteiger partial charge < -0.3 is 4.90 Å². The van der Waals surface area contributed by atoms with E-state index in [1.807, 2.05) is 11.8 Å². The van der Waals surface area contributed by atoms with Crippen LogP contribution in [0.25, 0.3) is 11.1 Å². The topological polar surface area (TPSA) is 3.24 Å². The number of rotatable bonds is 4. The Bertz CT molecular complexity index is 2200. The maximum Gasteiger partial charge on any atom is 0.0502 e. The molecule has 5 aromatic rings. The lowest BCUT2D eigenvalue weighted by Crippen LogP contribution is -2.74. The predicted molar refractivity (Wildman–Crippen MR) is 208 cm³/mol. The summed E-state index contributed by atoms with van der Waals surface area (Å²) in [5.74, 6) is 3.59. The van der Waals surface area contributed by atoms with Crippen LogP contribution in [0.5, 0.6) is 0 Å². The van der Waals surface area contributed by atoms with Crippen LogP contribution in [-0.4, -0.2) is 0 Å². The Morgan fingerprint density at radius 1 is 0.580 bits per heavy atom. The SMILES string of the molecule is CC1(C)CCC(C)(C)c2c(N(c3ccc(-c4ccccc4)cc3)c3ccc4c(c3)Sc3ccccc3C43C4CC5CC6CC3C64C5)cccc21. The number of hydrogen-bond donors (Lipinski definition) is 0. The summed E-state index contributed by atoms with van der Waals surface area (Å²) in [5, 5.41) is 0. The molecule has 5 aromatic carbocycles. The Balaban J connectivity index is 1.10. The van der Waals surface area contributed by atoms with Crippen molar-refractivity contribution < 1.29 is 0 Å². The third-order valence-corrected chi connectivity index (χ3v) is 16.2. The van der Waals surface area contributed by atoms with Crippen LogP contribution < -0.4 is 4.90 Å².